The molecule has 3 heteroatoms. The molecule has 1 heterocycles. The van der Waals surface area contributed by atoms with Gasteiger partial charge in [0.25, 0.3) is 0 Å². The Balaban J connectivity index is 2.35. The second kappa shape index (κ2) is 3.88. The number of rotatable bonds is 2. The van der Waals surface area contributed by atoms with Gasteiger partial charge in [-0.3, -0.25) is 0 Å². The third-order valence-corrected chi connectivity index (χ3v) is 2.61. The molecule has 0 bridgehead atoms. The maximum Gasteiger partial charge on any atom is 0.120 e. The predicted octanol–water partition coefficient (Wildman–Crippen LogP) is 2.20. The molecule has 0 aromatic heterocycles. The lowest BCUT2D eigenvalue weighted by molar-refractivity contribution is 0.0964. The van der Waals surface area contributed by atoms with E-state index in [9.17, 15) is 0 Å². The fraction of sp³-hybridized carbons (Fsp3) is 0.455. The summed E-state index contributed by atoms with van der Waals surface area (Å²) in [6, 6.07) is 6.05. The van der Waals surface area contributed by atoms with E-state index in [1.54, 1.807) is 14.2 Å². The first kappa shape index (κ1) is 9.34. The van der Waals surface area contributed by atoms with Crippen molar-refractivity contribution in [3.05, 3.63) is 23.8 Å². The van der Waals surface area contributed by atoms with E-state index in [0.29, 0.717) is 0 Å². The van der Waals surface area contributed by atoms with Crippen LogP contribution in [0.1, 0.15) is 18.1 Å². The molecule has 0 aliphatic carbocycles. The van der Waals surface area contributed by atoms with Gasteiger partial charge in [-0.05, 0) is 12.5 Å². The van der Waals surface area contributed by atoms with Gasteiger partial charge in [0, 0.05) is 31.0 Å². The number of hydrogen-bond donors (Lipinski definition) is 1. The second-order valence-electron chi connectivity index (χ2n) is 3.39. The van der Waals surface area contributed by atoms with Crippen molar-refractivity contribution < 1.29 is 9.47 Å². The van der Waals surface area contributed by atoms with E-state index in [1.165, 1.54) is 5.56 Å². The van der Waals surface area contributed by atoms with Gasteiger partial charge in [-0.15, -0.1) is 0 Å². The normalized spacial score (nSPS) is 19.7. The Morgan fingerprint density at radius 1 is 1.36 bits per heavy atom. The average molecular weight is 193 g/mol. The van der Waals surface area contributed by atoms with Crippen LogP contribution in [0, 0.1) is 0 Å². The highest BCUT2D eigenvalue weighted by molar-refractivity contribution is 5.57. The zero-order valence-electron chi connectivity index (χ0n) is 8.54. The van der Waals surface area contributed by atoms with Gasteiger partial charge in [-0.2, -0.15) is 0 Å². The minimum atomic E-state index is 0.220. The van der Waals surface area contributed by atoms with E-state index < -0.39 is 0 Å². The molecular formula is C11H15NO2. The zero-order chi connectivity index (χ0) is 9.97. The van der Waals surface area contributed by atoms with E-state index in [0.717, 1.165) is 24.4 Å². The third kappa shape index (κ3) is 1.55. The Morgan fingerprint density at radius 3 is 2.93 bits per heavy atom. The van der Waals surface area contributed by atoms with Gasteiger partial charge in [0.2, 0.25) is 0 Å². The lowest BCUT2D eigenvalue weighted by Gasteiger charge is -2.25. The highest BCUT2D eigenvalue weighted by atomic mass is 16.5. The molecule has 0 saturated carbocycles. The summed E-state index contributed by atoms with van der Waals surface area (Å²) in [7, 11) is 3.43. The number of benzene rings is 1. The number of methoxy groups -OCH3 is 2. The molecule has 0 amide bonds. The Bertz CT molecular complexity index is 325. The van der Waals surface area contributed by atoms with Crippen LogP contribution in [0.4, 0.5) is 5.69 Å². The van der Waals surface area contributed by atoms with Gasteiger partial charge < -0.3 is 14.8 Å². The molecule has 2 rings (SSSR count). The van der Waals surface area contributed by atoms with E-state index in [1.807, 2.05) is 12.1 Å². The van der Waals surface area contributed by atoms with Crippen molar-refractivity contribution in [2.24, 2.45) is 0 Å². The fourth-order valence-electron chi connectivity index (χ4n) is 1.83. The van der Waals surface area contributed by atoms with Gasteiger partial charge >= 0.3 is 0 Å². The molecule has 0 unspecified atom stereocenters. The Morgan fingerprint density at radius 2 is 2.21 bits per heavy atom. The molecule has 1 aromatic rings. The summed E-state index contributed by atoms with van der Waals surface area (Å²) < 4.78 is 10.6. The summed E-state index contributed by atoms with van der Waals surface area (Å²) in [6.07, 6.45) is 1.24. The largest absolute Gasteiger partial charge is 0.497 e. The lowest BCUT2D eigenvalue weighted by Crippen LogP contribution is -2.17. The fourth-order valence-corrected chi connectivity index (χ4v) is 1.83. The van der Waals surface area contributed by atoms with Crippen molar-refractivity contribution in [1.82, 2.24) is 0 Å². The first-order valence-corrected chi connectivity index (χ1v) is 4.79. The summed E-state index contributed by atoms with van der Waals surface area (Å²) >= 11 is 0. The van der Waals surface area contributed by atoms with Crippen LogP contribution >= 0.6 is 0 Å². The quantitative estimate of drug-likeness (QED) is 0.781. The lowest BCUT2D eigenvalue weighted by atomic mass is 10.0. The van der Waals surface area contributed by atoms with E-state index in [2.05, 4.69) is 11.4 Å². The zero-order valence-corrected chi connectivity index (χ0v) is 8.54. The van der Waals surface area contributed by atoms with E-state index in [4.69, 9.17) is 9.47 Å². The topological polar surface area (TPSA) is 30.5 Å². The highest BCUT2D eigenvalue weighted by Gasteiger charge is 2.19. The van der Waals surface area contributed by atoms with Gasteiger partial charge in [-0.25, -0.2) is 0 Å². The van der Waals surface area contributed by atoms with Crippen molar-refractivity contribution in [3.63, 3.8) is 0 Å². The number of nitrogens with one attached hydrogen (secondary N) is 1. The Hall–Kier alpha value is -1.22. The molecule has 0 spiro atoms. The van der Waals surface area contributed by atoms with Gasteiger partial charge in [0.05, 0.1) is 13.2 Å². The minimum absolute atomic E-state index is 0.220. The van der Waals surface area contributed by atoms with Crippen LogP contribution in [0.5, 0.6) is 5.75 Å². The monoisotopic (exact) mass is 193 g/mol. The van der Waals surface area contributed by atoms with Crippen LogP contribution in [0.3, 0.4) is 0 Å². The third-order valence-electron chi connectivity index (χ3n) is 2.61. The van der Waals surface area contributed by atoms with Crippen LogP contribution < -0.4 is 10.1 Å². The number of anilines is 1. The van der Waals surface area contributed by atoms with Crippen molar-refractivity contribution in [2.45, 2.75) is 12.5 Å². The summed E-state index contributed by atoms with van der Waals surface area (Å²) in [4.78, 5) is 0. The molecule has 0 saturated heterocycles. The van der Waals surface area contributed by atoms with Crippen LogP contribution in [0.15, 0.2) is 18.2 Å². The molecular weight excluding hydrogens is 178 g/mol. The standard InChI is InChI=1S/C11H15NO2/c1-13-8-3-4-9-10(7-8)12-6-5-11(9)14-2/h3-4,7,11-12H,5-6H2,1-2H3/t11-/m1/s1. The van der Waals surface area contributed by atoms with Crippen LogP contribution in [-0.2, 0) is 4.74 Å². The second-order valence-corrected chi connectivity index (χ2v) is 3.39. The molecule has 76 valence electrons. The first-order chi connectivity index (χ1) is 6.85. The Kier molecular flexibility index (Phi) is 2.59. The van der Waals surface area contributed by atoms with E-state index in [-0.39, 0.29) is 6.10 Å². The maximum atomic E-state index is 5.41. The van der Waals surface area contributed by atoms with Gasteiger partial charge in [0.15, 0.2) is 0 Å². The molecule has 1 atom stereocenters. The molecule has 1 aliphatic rings. The molecule has 1 aliphatic heterocycles. The first-order valence-electron chi connectivity index (χ1n) is 4.79. The van der Waals surface area contributed by atoms with Crippen molar-refractivity contribution in [3.8, 4) is 5.75 Å². The van der Waals surface area contributed by atoms with Crippen molar-refractivity contribution in [1.29, 1.82) is 0 Å². The molecule has 1 N–H and O–H groups in total. The van der Waals surface area contributed by atoms with Crippen LogP contribution in [-0.4, -0.2) is 20.8 Å². The smallest absolute Gasteiger partial charge is 0.120 e. The summed E-state index contributed by atoms with van der Waals surface area (Å²) in [5.74, 6) is 0.882. The minimum Gasteiger partial charge on any atom is -0.497 e. The predicted molar refractivity (Wildman–Crippen MR) is 55.9 cm³/mol. The molecule has 3 nitrogen and oxygen atoms in total. The number of ether oxygens (including phenoxy) is 2. The average Bonchev–Trinajstić information content (AvgIpc) is 2.27. The molecule has 1 aromatic carbocycles. The number of fused-ring (bicyclic) bond motifs is 1. The molecule has 14 heavy (non-hydrogen) atoms. The highest BCUT2D eigenvalue weighted by Crippen LogP contribution is 2.34. The van der Waals surface area contributed by atoms with Crippen molar-refractivity contribution in [2.75, 3.05) is 26.1 Å². The van der Waals surface area contributed by atoms with Crippen molar-refractivity contribution >= 4 is 5.69 Å². The van der Waals surface area contributed by atoms with Gasteiger partial charge in [0.1, 0.15) is 5.75 Å². The maximum absolute atomic E-state index is 5.41. The number of hydrogen-bond acceptors (Lipinski definition) is 3. The van der Waals surface area contributed by atoms with Crippen LogP contribution in [0.25, 0.3) is 0 Å². The van der Waals surface area contributed by atoms with Crippen LogP contribution in [0.2, 0.25) is 0 Å². The SMILES string of the molecule is COc1ccc2c(c1)NCC[C@H]2OC. The summed E-state index contributed by atoms with van der Waals surface area (Å²) in [5, 5.41) is 3.34. The molecule has 0 radical (unpaired) electrons. The van der Waals surface area contributed by atoms with Gasteiger partial charge in [-0.1, -0.05) is 6.07 Å². The summed E-state index contributed by atoms with van der Waals surface area (Å²) in [6.45, 7) is 0.957. The summed E-state index contributed by atoms with van der Waals surface area (Å²) in [5.41, 5.74) is 2.35. The molecule has 0 fully saturated rings. The Labute approximate surface area is 84.0 Å². The van der Waals surface area contributed by atoms with E-state index >= 15 is 0 Å².